The van der Waals surface area contributed by atoms with Crippen LogP contribution in [0, 0.1) is 0 Å². The minimum absolute atomic E-state index is 0.0551. The molecule has 0 amide bonds. The van der Waals surface area contributed by atoms with Crippen LogP contribution in [0.3, 0.4) is 0 Å². The van der Waals surface area contributed by atoms with Crippen molar-refractivity contribution in [3.05, 3.63) is 5.89 Å². The van der Waals surface area contributed by atoms with Gasteiger partial charge in [-0.2, -0.15) is 0 Å². The number of anilines is 1. The lowest BCUT2D eigenvalue weighted by molar-refractivity contribution is 0.380. The number of rotatable bonds is 4. The summed E-state index contributed by atoms with van der Waals surface area (Å²) < 4.78 is 5.61. The van der Waals surface area contributed by atoms with Crippen molar-refractivity contribution in [1.82, 2.24) is 15.5 Å². The molecule has 1 aromatic heterocycles. The molecule has 0 spiro atoms. The van der Waals surface area contributed by atoms with Gasteiger partial charge in [0.05, 0.1) is 6.54 Å². The first-order chi connectivity index (χ1) is 8.36. The van der Waals surface area contributed by atoms with Gasteiger partial charge < -0.3 is 15.1 Å². The number of hydrogen-bond donors (Lipinski definition) is 2. The van der Waals surface area contributed by atoms with Crippen molar-refractivity contribution in [1.29, 1.82) is 0 Å². The Morgan fingerprint density at radius 2 is 1.89 bits per heavy atom. The van der Waals surface area contributed by atoms with Crippen molar-refractivity contribution >= 4 is 6.01 Å². The smallest absolute Gasteiger partial charge is 0.315 e. The fraction of sp³-hybridized carbons (Fsp3) is 0.846. The van der Waals surface area contributed by atoms with E-state index in [0.717, 1.165) is 0 Å². The Hall–Kier alpha value is -1.10. The maximum atomic E-state index is 5.61. The van der Waals surface area contributed by atoms with E-state index in [1.165, 1.54) is 25.7 Å². The SMILES string of the molecule is CC(C)(C)NCc1nnc(NC2(C)CCCC2)o1. The third kappa shape index (κ3) is 3.70. The third-order valence-electron chi connectivity index (χ3n) is 3.35. The van der Waals surface area contributed by atoms with Crippen LogP contribution in [0.4, 0.5) is 6.01 Å². The van der Waals surface area contributed by atoms with Crippen LogP contribution in [-0.4, -0.2) is 21.3 Å². The van der Waals surface area contributed by atoms with E-state index >= 15 is 0 Å². The first-order valence-electron chi connectivity index (χ1n) is 6.72. The molecule has 5 heteroatoms. The second kappa shape index (κ2) is 4.88. The maximum Gasteiger partial charge on any atom is 0.315 e. The van der Waals surface area contributed by atoms with E-state index in [-0.39, 0.29) is 11.1 Å². The lowest BCUT2D eigenvalue weighted by Gasteiger charge is -2.23. The van der Waals surface area contributed by atoms with Gasteiger partial charge in [-0.15, -0.1) is 5.10 Å². The van der Waals surface area contributed by atoms with E-state index in [9.17, 15) is 0 Å². The molecule has 1 aliphatic rings. The topological polar surface area (TPSA) is 63.0 Å². The van der Waals surface area contributed by atoms with E-state index in [4.69, 9.17) is 4.42 Å². The predicted molar refractivity (Wildman–Crippen MR) is 71.4 cm³/mol. The quantitative estimate of drug-likeness (QED) is 0.862. The second-order valence-corrected chi connectivity index (χ2v) is 6.50. The van der Waals surface area contributed by atoms with Gasteiger partial charge in [-0.1, -0.05) is 17.9 Å². The van der Waals surface area contributed by atoms with Crippen molar-refractivity contribution in [2.24, 2.45) is 0 Å². The molecule has 0 saturated heterocycles. The summed E-state index contributed by atoms with van der Waals surface area (Å²) in [5, 5.41) is 14.8. The molecule has 0 bridgehead atoms. The van der Waals surface area contributed by atoms with Gasteiger partial charge in [-0.05, 0) is 40.5 Å². The van der Waals surface area contributed by atoms with E-state index in [1.807, 2.05) is 0 Å². The van der Waals surface area contributed by atoms with E-state index in [2.05, 4.69) is 48.5 Å². The Balaban J connectivity index is 1.90. The van der Waals surface area contributed by atoms with Gasteiger partial charge in [-0.25, -0.2) is 0 Å². The number of aromatic nitrogens is 2. The highest BCUT2D eigenvalue weighted by molar-refractivity contribution is 5.24. The second-order valence-electron chi connectivity index (χ2n) is 6.50. The van der Waals surface area contributed by atoms with Gasteiger partial charge in [0.25, 0.3) is 0 Å². The highest BCUT2D eigenvalue weighted by atomic mass is 16.4. The van der Waals surface area contributed by atoms with Crippen LogP contribution >= 0.6 is 0 Å². The normalized spacial score (nSPS) is 19.1. The monoisotopic (exact) mass is 252 g/mol. The lowest BCUT2D eigenvalue weighted by Crippen LogP contribution is -2.35. The number of hydrogen-bond acceptors (Lipinski definition) is 5. The van der Waals surface area contributed by atoms with Gasteiger partial charge in [0.2, 0.25) is 5.89 Å². The molecule has 0 aliphatic heterocycles. The third-order valence-corrected chi connectivity index (χ3v) is 3.35. The summed E-state index contributed by atoms with van der Waals surface area (Å²) in [7, 11) is 0. The zero-order valence-electron chi connectivity index (χ0n) is 11.8. The fourth-order valence-corrected chi connectivity index (χ4v) is 2.25. The van der Waals surface area contributed by atoms with Crippen LogP contribution in [0.25, 0.3) is 0 Å². The Labute approximate surface area is 109 Å². The van der Waals surface area contributed by atoms with Gasteiger partial charge in [0, 0.05) is 11.1 Å². The molecular weight excluding hydrogens is 228 g/mol. The highest BCUT2D eigenvalue weighted by Gasteiger charge is 2.30. The van der Waals surface area contributed by atoms with Crippen LogP contribution in [-0.2, 0) is 6.54 Å². The van der Waals surface area contributed by atoms with Crippen molar-refractivity contribution in [3.8, 4) is 0 Å². The van der Waals surface area contributed by atoms with Crippen molar-refractivity contribution in [2.45, 2.75) is 71.0 Å². The maximum absolute atomic E-state index is 5.61. The van der Waals surface area contributed by atoms with Gasteiger partial charge in [-0.3, -0.25) is 0 Å². The zero-order valence-corrected chi connectivity index (χ0v) is 11.8. The zero-order chi connectivity index (χ0) is 13.2. The van der Waals surface area contributed by atoms with Crippen molar-refractivity contribution in [3.63, 3.8) is 0 Å². The van der Waals surface area contributed by atoms with Crippen molar-refractivity contribution < 1.29 is 4.42 Å². The predicted octanol–water partition coefficient (Wildman–Crippen LogP) is 2.70. The molecule has 1 aliphatic carbocycles. The van der Waals surface area contributed by atoms with Crippen molar-refractivity contribution in [2.75, 3.05) is 5.32 Å². The average Bonchev–Trinajstić information content (AvgIpc) is 2.84. The molecule has 5 nitrogen and oxygen atoms in total. The Kier molecular flexibility index (Phi) is 3.61. The Bertz CT molecular complexity index is 388. The van der Waals surface area contributed by atoms with E-state index < -0.39 is 0 Å². The molecular formula is C13H24N4O. The van der Waals surface area contributed by atoms with Gasteiger partial charge in [0.15, 0.2) is 0 Å². The molecule has 1 fully saturated rings. The molecule has 102 valence electrons. The van der Waals surface area contributed by atoms with Crippen LogP contribution in [0.15, 0.2) is 4.42 Å². The van der Waals surface area contributed by atoms with Crippen LogP contribution in [0.5, 0.6) is 0 Å². The molecule has 2 N–H and O–H groups in total. The molecule has 2 rings (SSSR count). The summed E-state index contributed by atoms with van der Waals surface area (Å²) >= 11 is 0. The summed E-state index contributed by atoms with van der Waals surface area (Å²) in [5.41, 5.74) is 0.181. The fourth-order valence-electron chi connectivity index (χ4n) is 2.25. The molecule has 0 unspecified atom stereocenters. The molecule has 1 saturated carbocycles. The minimum Gasteiger partial charge on any atom is -0.407 e. The number of nitrogens with one attached hydrogen (secondary N) is 2. The van der Waals surface area contributed by atoms with Gasteiger partial charge in [0.1, 0.15) is 0 Å². The summed E-state index contributed by atoms with van der Waals surface area (Å²) in [4.78, 5) is 0. The standard InChI is InChI=1S/C13H24N4O/c1-12(2,3)14-9-10-16-17-11(18-10)15-13(4)7-5-6-8-13/h14H,5-9H2,1-4H3,(H,15,17). The number of nitrogens with zero attached hydrogens (tertiary/aromatic N) is 2. The molecule has 0 atom stereocenters. The molecule has 0 aromatic carbocycles. The molecule has 0 radical (unpaired) electrons. The molecule has 1 aromatic rings. The summed E-state index contributed by atoms with van der Waals surface area (Å²) in [6.07, 6.45) is 4.89. The van der Waals surface area contributed by atoms with Crippen LogP contribution in [0.2, 0.25) is 0 Å². The van der Waals surface area contributed by atoms with E-state index in [0.29, 0.717) is 18.5 Å². The summed E-state index contributed by atoms with van der Waals surface area (Å²) in [6, 6.07) is 0.546. The molecule has 1 heterocycles. The van der Waals surface area contributed by atoms with Gasteiger partial charge >= 0.3 is 6.01 Å². The first kappa shape index (κ1) is 13.3. The van der Waals surface area contributed by atoms with Crippen LogP contribution < -0.4 is 10.6 Å². The Morgan fingerprint density at radius 3 is 2.50 bits per heavy atom. The first-order valence-corrected chi connectivity index (χ1v) is 6.72. The highest BCUT2D eigenvalue weighted by Crippen LogP contribution is 2.32. The lowest BCUT2D eigenvalue weighted by atomic mass is 10.0. The minimum atomic E-state index is 0.0551. The largest absolute Gasteiger partial charge is 0.407 e. The Morgan fingerprint density at radius 1 is 1.22 bits per heavy atom. The summed E-state index contributed by atoms with van der Waals surface area (Å²) in [5.74, 6) is 0.633. The molecule has 18 heavy (non-hydrogen) atoms. The van der Waals surface area contributed by atoms with E-state index in [1.54, 1.807) is 0 Å². The average molecular weight is 252 g/mol. The summed E-state index contributed by atoms with van der Waals surface area (Å²) in [6.45, 7) is 9.17. The van der Waals surface area contributed by atoms with Crippen LogP contribution in [0.1, 0.15) is 59.3 Å².